The van der Waals surface area contributed by atoms with E-state index in [2.05, 4.69) is 5.32 Å². The highest BCUT2D eigenvalue weighted by molar-refractivity contribution is 5.93. The molecule has 1 aromatic heterocycles. The fourth-order valence-corrected chi connectivity index (χ4v) is 1.70. The Morgan fingerprint density at radius 2 is 1.95 bits per heavy atom. The van der Waals surface area contributed by atoms with Gasteiger partial charge in [-0.3, -0.25) is 9.59 Å². The number of hydrogen-bond acceptors (Lipinski definition) is 3. The highest BCUT2D eigenvalue weighted by Gasteiger charge is 2.05. The summed E-state index contributed by atoms with van der Waals surface area (Å²) >= 11 is 0. The van der Waals surface area contributed by atoms with Crippen molar-refractivity contribution < 1.29 is 4.79 Å². The van der Waals surface area contributed by atoms with Crippen molar-refractivity contribution in [1.82, 2.24) is 4.57 Å². The number of nitrogens with zero attached hydrogens (tertiary/aromatic N) is 1. The molecule has 0 radical (unpaired) electrons. The fraction of sp³-hybridized carbons (Fsp3) is 0.143. The summed E-state index contributed by atoms with van der Waals surface area (Å²) in [6, 6.07) is 8.27. The number of aromatic nitrogens is 1. The second-order valence-electron chi connectivity index (χ2n) is 4.35. The Bertz CT molecular complexity index is 641. The lowest BCUT2D eigenvalue weighted by molar-refractivity contribution is -0.116. The van der Waals surface area contributed by atoms with Crippen molar-refractivity contribution in [2.75, 3.05) is 11.1 Å². The summed E-state index contributed by atoms with van der Waals surface area (Å²) in [6.07, 6.45) is 3.14. The van der Waals surface area contributed by atoms with Gasteiger partial charge in [-0.25, -0.2) is 0 Å². The lowest BCUT2D eigenvalue weighted by Gasteiger charge is -2.10. The second kappa shape index (κ2) is 5.39. The zero-order chi connectivity index (χ0) is 13.8. The first-order chi connectivity index (χ1) is 9.04. The van der Waals surface area contributed by atoms with Gasteiger partial charge in [0.1, 0.15) is 6.54 Å². The summed E-state index contributed by atoms with van der Waals surface area (Å²) in [5.74, 6) is -0.195. The Hall–Kier alpha value is -2.56. The molecule has 0 saturated heterocycles. The summed E-state index contributed by atoms with van der Waals surface area (Å²) in [5.41, 5.74) is 7.90. The normalized spacial score (nSPS) is 10.2. The summed E-state index contributed by atoms with van der Waals surface area (Å²) in [4.78, 5) is 22.8. The molecule has 0 unspecified atom stereocenters. The lowest BCUT2D eigenvalue weighted by Crippen LogP contribution is -2.20. The van der Waals surface area contributed by atoms with E-state index in [1.807, 2.05) is 13.0 Å². The minimum atomic E-state index is -0.195. The molecular formula is C14H15N3O2. The third kappa shape index (κ3) is 3.45. The van der Waals surface area contributed by atoms with Crippen LogP contribution in [0.5, 0.6) is 0 Å². The molecule has 5 heteroatoms. The van der Waals surface area contributed by atoms with E-state index in [4.69, 9.17) is 5.73 Å². The first kappa shape index (κ1) is 12.9. The Kier molecular flexibility index (Phi) is 3.66. The molecule has 0 aliphatic heterocycles. The maximum Gasteiger partial charge on any atom is 0.244 e. The zero-order valence-corrected chi connectivity index (χ0v) is 10.6. The van der Waals surface area contributed by atoms with E-state index in [0.717, 1.165) is 5.56 Å². The number of aryl methyl sites for hydroxylation is 1. The zero-order valence-electron chi connectivity index (χ0n) is 10.6. The predicted molar refractivity (Wildman–Crippen MR) is 74.9 cm³/mol. The van der Waals surface area contributed by atoms with Crippen LogP contribution in [0.25, 0.3) is 0 Å². The van der Waals surface area contributed by atoms with Crippen LogP contribution in [0.1, 0.15) is 5.56 Å². The van der Waals surface area contributed by atoms with E-state index >= 15 is 0 Å². The number of hydrogen-bond donors (Lipinski definition) is 2. The van der Waals surface area contributed by atoms with Crippen LogP contribution >= 0.6 is 0 Å². The summed E-state index contributed by atoms with van der Waals surface area (Å²) in [5, 5.41) is 2.74. The molecule has 5 nitrogen and oxygen atoms in total. The topological polar surface area (TPSA) is 77.1 Å². The molecule has 0 spiro atoms. The third-order valence-electron chi connectivity index (χ3n) is 2.67. The van der Waals surface area contributed by atoms with Crippen LogP contribution in [-0.4, -0.2) is 10.5 Å². The van der Waals surface area contributed by atoms with E-state index in [-0.39, 0.29) is 17.9 Å². The van der Waals surface area contributed by atoms with Crippen molar-refractivity contribution in [3.8, 4) is 0 Å². The number of amides is 1. The molecule has 0 saturated carbocycles. The molecule has 0 fully saturated rings. The van der Waals surface area contributed by atoms with Gasteiger partial charge in [0, 0.05) is 24.5 Å². The number of carbonyl (C=O) groups is 1. The standard InChI is InChI=1S/C14H15N3O2/c1-10-2-3-13(12(15)8-10)16-14(19)9-17-6-4-11(18)5-7-17/h2-8H,9,15H2,1H3,(H,16,19). The number of anilines is 2. The van der Waals surface area contributed by atoms with Crippen molar-refractivity contribution in [2.45, 2.75) is 13.5 Å². The first-order valence-corrected chi connectivity index (χ1v) is 5.87. The van der Waals surface area contributed by atoms with Gasteiger partial charge >= 0.3 is 0 Å². The first-order valence-electron chi connectivity index (χ1n) is 5.87. The van der Waals surface area contributed by atoms with Crippen LogP contribution in [0, 0.1) is 6.92 Å². The highest BCUT2D eigenvalue weighted by atomic mass is 16.2. The fourth-order valence-electron chi connectivity index (χ4n) is 1.70. The molecule has 1 amide bonds. The Labute approximate surface area is 110 Å². The lowest BCUT2D eigenvalue weighted by atomic mass is 10.2. The maximum absolute atomic E-state index is 11.8. The van der Waals surface area contributed by atoms with Gasteiger partial charge in [0.25, 0.3) is 0 Å². The third-order valence-corrected chi connectivity index (χ3v) is 2.67. The molecule has 19 heavy (non-hydrogen) atoms. The molecule has 98 valence electrons. The SMILES string of the molecule is Cc1ccc(NC(=O)Cn2ccc(=O)cc2)c(N)c1. The number of pyridine rings is 1. The van der Waals surface area contributed by atoms with Crippen LogP contribution in [0.4, 0.5) is 11.4 Å². The molecule has 2 rings (SSSR count). The van der Waals surface area contributed by atoms with E-state index in [1.54, 1.807) is 29.1 Å². The van der Waals surface area contributed by atoms with E-state index in [1.165, 1.54) is 12.1 Å². The summed E-state index contributed by atoms with van der Waals surface area (Å²) in [6.45, 7) is 2.07. The van der Waals surface area contributed by atoms with Crippen LogP contribution < -0.4 is 16.5 Å². The number of benzene rings is 1. The number of rotatable bonds is 3. The smallest absolute Gasteiger partial charge is 0.244 e. The average molecular weight is 257 g/mol. The minimum Gasteiger partial charge on any atom is -0.397 e. The molecule has 0 bridgehead atoms. The molecule has 0 aliphatic carbocycles. The van der Waals surface area contributed by atoms with Gasteiger partial charge in [-0.2, -0.15) is 0 Å². The predicted octanol–water partition coefficient (Wildman–Crippen LogP) is 1.38. The van der Waals surface area contributed by atoms with Gasteiger partial charge in [-0.1, -0.05) is 6.07 Å². The molecule has 1 heterocycles. The number of carbonyl (C=O) groups excluding carboxylic acids is 1. The summed E-state index contributed by atoms with van der Waals surface area (Å²) in [7, 11) is 0. The van der Waals surface area contributed by atoms with Crippen molar-refractivity contribution in [2.24, 2.45) is 0 Å². The number of nitrogen functional groups attached to an aromatic ring is 1. The maximum atomic E-state index is 11.8. The molecule has 3 N–H and O–H groups in total. The second-order valence-corrected chi connectivity index (χ2v) is 4.35. The number of nitrogens with one attached hydrogen (secondary N) is 1. The molecular weight excluding hydrogens is 242 g/mol. The van der Waals surface area contributed by atoms with Crippen LogP contribution in [0.15, 0.2) is 47.5 Å². The van der Waals surface area contributed by atoms with Gasteiger partial charge in [0.15, 0.2) is 5.43 Å². The van der Waals surface area contributed by atoms with Gasteiger partial charge in [-0.05, 0) is 24.6 Å². The van der Waals surface area contributed by atoms with E-state index in [0.29, 0.717) is 11.4 Å². The van der Waals surface area contributed by atoms with Crippen molar-refractivity contribution in [3.05, 3.63) is 58.5 Å². The van der Waals surface area contributed by atoms with Crippen molar-refractivity contribution >= 4 is 17.3 Å². The molecule has 2 aromatic rings. The van der Waals surface area contributed by atoms with Crippen LogP contribution in [0.2, 0.25) is 0 Å². The average Bonchev–Trinajstić information content (AvgIpc) is 2.36. The van der Waals surface area contributed by atoms with Gasteiger partial charge in [-0.15, -0.1) is 0 Å². The van der Waals surface area contributed by atoms with E-state index in [9.17, 15) is 9.59 Å². The molecule has 1 aromatic carbocycles. The largest absolute Gasteiger partial charge is 0.397 e. The van der Waals surface area contributed by atoms with Gasteiger partial charge in [0.2, 0.25) is 5.91 Å². The van der Waals surface area contributed by atoms with Gasteiger partial charge < -0.3 is 15.6 Å². The quantitative estimate of drug-likeness (QED) is 0.815. The van der Waals surface area contributed by atoms with Crippen LogP contribution in [-0.2, 0) is 11.3 Å². The highest BCUT2D eigenvalue weighted by Crippen LogP contribution is 2.19. The monoisotopic (exact) mass is 257 g/mol. The van der Waals surface area contributed by atoms with Crippen LogP contribution in [0.3, 0.4) is 0 Å². The van der Waals surface area contributed by atoms with Gasteiger partial charge in [0.05, 0.1) is 11.4 Å². The Morgan fingerprint density at radius 3 is 2.58 bits per heavy atom. The van der Waals surface area contributed by atoms with E-state index < -0.39 is 0 Å². The Balaban J connectivity index is 2.05. The Morgan fingerprint density at radius 1 is 1.26 bits per heavy atom. The molecule has 0 aliphatic rings. The number of nitrogens with two attached hydrogens (primary N) is 1. The van der Waals surface area contributed by atoms with Crippen molar-refractivity contribution in [1.29, 1.82) is 0 Å². The van der Waals surface area contributed by atoms with Crippen molar-refractivity contribution in [3.63, 3.8) is 0 Å². The summed E-state index contributed by atoms with van der Waals surface area (Å²) < 4.78 is 1.63. The molecule has 0 atom stereocenters. The minimum absolute atomic E-state index is 0.0839.